The Balaban J connectivity index is 2.54. The minimum atomic E-state index is -0.746. The molecule has 0 aromatic carbocycles. The molecule has 1 aliphatic heterocycles. The van der Waals surface area contributed by atoms with E-state index in [2.05, 4.69) is 25.1 Å². The minimum absolute atomic E-state index is 0.279. The smallest absolute Gasteiger partial charge is 0.0454 e. The Morgan fingerprint density at radius 3 is 2.33 bits per heavy atom. The topological polar surface area (TPSA) is 29.3 Å². The molecule has 0 aliphatic carbocycles. The van der Waals surface area contributed by atoms with Crippen LogP contribution in [0.5, 0.6) is 0 Å². The fourth-order valence-electron chi connectivity index (χ4n) is 1.81. The van der Waals surface area contributed by atoms with Crippen molar-refractivity contribution in [1.29, 1.82) is 0 Å². The molecule has 1 heterocycles. The van der Waals surface area contributed by atoms with Gasteiger partial charge in [-0.15, -0.1) is 10.4 Å². The van der Waals surface area contributed by atoms with Crippen molar-refractivity contribution >= 4 is 19.9 Å². The maximum absolute atomic E-state index is 6.38. The summed E-state index contributed by atoms with van der Waals surface area (Å²) in [4.78, 5) is 0. The number of hydrogen-bond donors (Lipinski definition) is 1. The number of hydrogen-bond acceptors (Lipinski definition) is 2. The summed E-state index contributed by atoms with van der Waals surface area (Å²) in [6.45, 7) is 7.96. The molecule has 0 radical (unpaired) electrons. The second-order valence-corrected chi connectivity index (χ2v) is 9.90. The van der Waals surface area contributed by atoms with Gasteiger partial charge in [0.05, 0.1) is 0 Å². The van der Waals surface area contributed by atoms with Gasteiger partial charge in [-0.05, 0) is 24.1 Å². The van der Waals surface area contributed by atoms with E-state index in [9.17, 15) is 0 Å². The van der Waals surface area contributed by atoms with Crippen LogP contribution in [0.15, 0.2) is 0 Å². The van der Waals surface area contributed by atoms with E-state index in [1.165, 1.54) is 17.2 Å². The van der Waals surface area contributed by atoms with Gasteiger partial charge in [0.1, 0.15) is 0 Å². The van der Waals surface area contributed by atoms with Crippen molar-refractivity contribution in [1.82, 2.24) is 4.31 Å². The zero-order valence-electron chi connectivity index (χ0n) is 8.55. The van der Waals surface area contributed by atoms with E-state index in [1.54, 1.807) is 0 Å². The van der Waals surface area contributed by atoms with Crippen LogP contribution in [0, 0.1) is 0 Å². The number of nitrogens with zero attached hydrogens (tertiary/aromatic N) is 1. The SMILES string of the molecule is CCC(C)N(CC)S1(N)C[SiH2]C1. The highest BCUT2D eigenvalue weighted by molar-refractivity contribution is 8.34. The lowest BCUT2D eigenvalue weighted by molar-refractivity contribution is 0.370. The Bertz CT molecular complexity index is 150. The predicted molar refractivity (Wildman–Crippen MR) is 62.2 cm³/mol. The maximum Gasteiger partial charge on any atom is 0.0454 e. The highest BCUT2D eigenvalue weighted by Gasteiger charge is 2.34. The van der Waals surface area contributed by atoms with E-state index in [-0.39, 0.29) is 9.52 Å². The van der Waals surface area contributed by atoms with E-state index in [0.717, 1.165) is 6.54 Å². The first-order valence-corrected chi connectivity index (χ1v) is 8.96. The van der Waals surface area contributed by atoms with Crippen molar-refractivity contribution in [2.75, 3.05) is 17.3 Å². The summed E-state index contributed by atoms with van der Waals surface area (Å²) in [7, 11) is -0.467. The van der Waals surface area contributed by atoms with E-state index in [0.29, 0.717) is 6.04 Å². The summed E-state index contributed by atoms with van der Waals surface area (Å²) < 4.78 is 2.57. The third-order valence-electron chi connectivity index (χ3n) is 2.86. The molecule has 1 atom stereocenters. The van der Waals surface area contributed by atoms with Crippen LogP contribution in [0.1, 0.15) is 27.2 Å². The molecule has 4 heteroatoms. The zero-order valence-corrected chi connectivity index (χ0v) is 10.8. The molecule has 0 aromatic heterocycles. The molecule has 2 nitrogen and oxygen atoms in total. The van der Waals surface area contributed by atoms with Crippen LogP contribution in [0.25, 0.3) is 0 Å². The lowest BCUT2D eigenvalue weighted by atomic mass is 10.3. The fraction of sp³-hybridized carbons (Fsp3) is 1.00. The molecule has 74 valence electrons. The fourth-order valence-corrected chi connectivity index (χ4v) is 8.58. The monoisotopic (exact) mass is 206 g/mol. The second kappa shape index (κ2) is 4.13. The lowest BCUT2D eigenvalue weighted by Gasteiger charge is -2.54. The molecule has 0 amide bonds. The third kappa shape index (κ3) is 1.87. The molecule has 1 unspecified atom stereocenters. The lowest BCUT2D eigenvalue weighted by Crippen LogP contribution is -2.50. The number of nitrogens with two attached hydrogens (primary N) is 1. The van der Waals surface area contributed by atoms with E-state index in [4.69, 9.17) is 5.14 Å². The van der Waals surface area contributed by atoms with Gasteiger partial charge >= 0.3 is 0 Å². The van der Waals surface area contributed by atoms with Crippen molar-refractivity contribution in [2.45, 2.75) is 33.2 Å². The Labute approximate surface area is 80.3 Å². The maximum atomic E-state index is 6.38. The van der Waals surface area contributed by atoms with Crippen LogP contribution in [0.4, 0.5) is 0 Å². The summed E-state index contributed by atoms with van der Waals surface area (Å²) in [6, 6.07) is 0.698. The van der Waals surface area contributed by atoms with Gasteiger partial charge < -0.3 is 0 Å². The van der Waals surface area contributed by atoms with Crippen LogP contribution >= 0.6 is 10.4 Å². The van der Waals surface area contributed by atoms with Crippen molar-refractivity contribution in [3.05, 3.63) is 0 Å². The van der Waals surface area contributed by atoms with Gasteiger partial charge in [-0.2, -0.15) is 0 Å². The molecule has 0 bridgehead atoms. The molecule has 0 spiro atoms. The normalized spacial score (nSPS) is 39.1. The van der Waals surface area contributed by atoms with Crippen LogP contribution in [0.2, 0.25) is 0 Å². The molecule has 2 N–H and O–H groups in total. The molecule has 1 saturated heterocycles. The first kappa shape index (κ1) is 10.6. The molecular weight excluding hydrogens is 184 g/mol. The molecule has 12 heavy (non-hydrogen) atoms. The second-order valence-electron chi connectivity index (χ2n) is 3.65. The molecule has 1 fully saturated rings. The molecule has 0 saturated carbocycles. The summed E-state index contributed by atoms with van der Waals surface area (Å²) in [5.74, 6) is 0. The van der Waals surface area contributed by atoms with Gasteiger partial charge in [-0.3, -0.25) is 9.44 Å². The highest BCUT2D eigenvalue weighted by atomic mass is 32.3. The van der Waals surface area contributed by atoms with Crippen molar-refractivity contribution in [3.8, 4) is 0 Å². The summed E-state index contributed by atoms with van der Waals surface area (Å²) in [6.07, 6.45) is 1.24. The van der Waals surface area contributed by atoms with Crippen LogP contribution in [-0.2, 0) is 0 Å². The minimum Gasteiger partial charge on any atom is -0.284 e. The van der Waals surface area contributed by atoms with Crippen molar-refractivity contribution in [3.63, 3.8) is 0 Å². The molecule has 1 rings (SSSR count). The van der Waals surface area contributed by atoms with Gasteiger partial charge in [-0.25, -0.2) is 0 Å². The van der Waals surface area contributed by atoms with Gasteiger partial charge in [0.15, 0.2) is 0 Å². The van der Waals surface area contributed by atoms with Gasteiger partial charge in [-0.1, -0.05) is 13.8 Å². The predicted octanol–water partition coefficient (Wildman–Crippen LogP) is 0.797. The van der Waals surface area contributed by atoms with Crippen LogP contribution < -0.4 is 5.14 Å². The van der Waals surface area contributed by atoms with Crippen LogP contribution in [-0.4, -0.2) is 37.2 Å². The Kier molecular flexibility index (Phi) is 3.64. The zero-order chi connectivity index (χ0) is 9.19. The van der Waals surface area contributed by atoms with Gasteiger partial charge in [0.2, 0.25) is 0 Å². The Hall–Kier alpha value is 0.487. The Morgan fingerprint density at radius 2 is 2.08 bits per heavy atom. The summed E-state index contributed by atoms with van der Waals surface area (Å²) >= 11 is 0. The van der Waals surface area contributed by atoms with Gasteiger partial charge in [0, 0.05) is 22.1 Å². The highest BCUT2D eigenvalue weighted by Crippen LogP contribution is 2.50. The summed E-state index contributed by atoms with van der Waals surface area (Å²) in [5.41, 5.74) is 0. The average Bonchev–Trinajstić information content (AvgIpc) is 2.02. The number of rotatable bonds is 4. The molecule has 0 aromatic rings. The quantitative estimate of drug-likeness (QED) is 0.690. The van der Waals surface area contributed by atoms with Gasteiger partial charge in [0.25, 0.3) is 0 Å². The summed E-state index contributed by atoms with van der Waals surface area (Å²) in [5, 5.41) is 9.19. The average molecular weight is 206 g/mol. The van der Waals surface area contributed by atoms with E-state index < -0.39 is 10.4 Å². The van der Waals surface area contributed by atoms with E-state index in [1.807, 2.05) is 0 Å². The Morgan fingerprint density at radius 1 is 1.50 bits per heavy atom. The standard InChI is InChI=1S/C8H22N2SSi/c1-4-8(3)10(5-2)11(9)6-12-7-11/h8H,4-7,9,12H2,1-3H3. The first-order chi connectivity index (χ1) is 5.64. The van der Waals surface area contributed by atoms with Crippen molar-refractivity contribution in [2.24, 2.45) is 5.14 Å². The van der Waals surface area contributed by atoms with Crippen molar-refractivity contribution < 1.29 is 0 Å². The van der Waals surface area contributed by atoms with Crippen LogP contribution in [0.3, 0.4) is 0 Å². The largest absolute Gasteiger partial charge is 0.284 e. The third-order valence-corrected chi connectivity index (χ3v) is 12.4. The first-order valence-electron chi connectivity index (χ1n) is 4.97. The van der Waals surface area contributed by atoms with E-state index >= 15 is 0 Å². The molecular formula is C8H22N2SSi. The molecule has 1 aliphatic rings.